The van der Waals surface area contributed by atoms with E-state index < -0.39 is 26.3 Å². The van der Waals surface area contributed by atoms with Gasteiger partial charge in [0.25, 0.3) is 0 Å². The van der Waals surface area contributed by atoms with E-state index in [0.717, 1.165) is 6.20 Å². The lowest BCUT2D eigenvalue weighted by Gasteiger charge is -2.17. The fourth-order valence-electron chi connectivity index (χ4n) is 2.12. The number of thiazole rings is 1. The van der Waals surface area contributed by atoms with Crippen LogP contribution in [0, 0.1) is 0 Å². The molecule has 1 aromatic rings. The van der Waals surface area contributed by atoms with E-state index in [2.05, 4.69) is 9.71 Å². The van der Waals surface area contributed by atoms with Gasteiger partial charge in [0.15, 0.2) is 5.13 Å². The van der Waals surface area contributed by atoms with E-state index in [1.165, 1.54) is 0 Å². The molecule has 1 fully saturated rings. The number of aromatic nitrogens is 1. The molecular weight excluding hydrogens is 327 g/mol. The van der Waals surface area contributed by atoms with Crippen LogP contribution in [-0.2, 0) is 16.2 Å². The highest BCUT2D eigenvalue weighted by Crippen LogP contribution is 2.37. The first kappa shape index (κ1) is 16.5. The molecule has 0 saturated carbocycles. The molecule has 1 N–H and O–H groups in total. The van der Waals surface area contributed by atoms with Crippen molar-refractivity contribution in [2.75, 3.05) is 18.0 Å². The second-order valence-corrected chi connectivity index (χ2v) is 8.18. The lowest BCUT2D eigenvalue weighted by Crippen LogP contribution is -2.39. The standard InChI is InChI=1S/C11H16F3N3O2S2/c1-7(2)16-21(18,19)8-3-4-17(6-8)10-15-5-9(20-10)11(12,13)14/h5,7-8,16H,3-4,6H2,1-2H3. The fraction of sp³-hybridized carbons (Fsp3) is 0.727. The molecule has 1 aliphatic rings. The van der Waals surface area contributed by atoms with E-state index in [-0.39, 0.29) is 17.7 Å². The van der Waals surface area contributed by atoms with Gasteiger partial charge >= 0.3 is 6.18 Å². The average molecular weight is 343 g/mol. The van der Waals surface area contributed by atoms with Gasteiger partial charge < -0.3 is 4.90 Å². The van der Waals surface area contributed by atoms with E-state index >= 15 is 0 Å². The maximum absolute atomic E-state index is 12.5. The normalized spacial score (nSPS) is 20.5. The lowest BCUT2D eigenvalue weighted by molar-refractivity contribution is -0.134. The number of sulfonamides is 1. The zero-order valence-corrected chi connectivity index (χ0v) is 13.1. The summed E-state index contributed by atoms with van der Waals surface area (Å²) in [6.07, 6.45) is -3.25. The third-order valence-corrected chi connectivity index (χ3v) is 6.19. The van der Waals surface area contributed by atoms with Gasteiger partial charge in [-0.05, 0) is 20.3 Å². The minimum atomic E-state index is -4.42. The van der Waals surface area contributed by atoms with Crippen LogP contribution in [0.5, 0.6) is 0 Å². The van der Waals surface area contributed by atoms with Crippen molar-refractivity contribution >= 4 is 26.5 Å². The second-order valence-electron chi connectivity index (χ2n) is 5.18. The molecule has 5 nitrogen and oxygen atoms in total. The number of anilines is 1. The first-order valence-electron chi connectivity index (χ1n) is 6.38. The quantitative estimate of drug-likeness (QED) is 0.909. The van der Waals surface area contributed by atoms with Gasteiger partial charge in [-0.3, -0.25) is 0 Å². The molecule has 1 saturated heterocycles. The average Bonchev–Trinajstić information content (AvgIpc) is 2.95. The minimum Gasteiger partial charge on any atom is -0.347 e. The monoisotopic (exact) mass is 343 g/mol. The Balaban J connectivity index is 2.08. The van der Waals surface area contributed by atoms with Gasteiger partial charge in [-0.1, -0.05) is 11.3 Å². The number of nitrogens with one attached hydrogen (secondary N) is 1. The molecule has 0 radical (unpaired) electrons. The summed E-state index contributed by atoms with van der Waals surface area (Å²) >= 11 is 0.538. The summed E-state index contributed by atoms with van der Waals surface area (Å²) in [5, 5.41) is -0.414. The third-order valence-electron chi connectivity index (χ3n) is 3.03. The number of halogens is 3. The zero-order valence-electron chi connectivity index (χ0n) is 11.5. The van der Waals surface area contributed by atoms with Crippen molar-refractivity contribution in [3.63, 3.8) is 0 Å². The molecule has 2 rings (SSSR count). The van der Waals surface area contributed by atoms with Crippen LogP contribution in [-0.4, -0.2) is 37.8 Å². The van der Waals surface area contributed by atoms with Gasteiger partial charge in [0, 0.05) is 19.1 Å². The molecule has 1 unspecified atom stereocenters. The summed E-state index contributed by atoms with van der Waals surface area (Å²) in [4.78, 5) is 4.56. The molecule has 0 bridgehead atoms. The van der Waals surface area contributed by atoms with Crippen LogP contribution in [0.3, 0.4) is 0 Å². The number of hydrogen-bond donors (Lipinski definition) is 1. The predicted molar refractivity (Wildman–Crippen MR) is 74.9 cm³/mol. The SMILES string of the molecule is CC(C)NS(=O)(=O)C1CCN(c2ncc(C(F)(F)F)s2)C1. The van der Waals surface area contributed by atoms with Gasteiger partial charge in [-0.25, -0.2) is 18.1 Å². The van der Waals surface area contributed by atoms with E-state index in [9.17, 15) is 21.6 Å². The molecule has 21 heavy (non-hydrogen) atoms. The smallest absolute Gasteiger partial charge is 0.347 e. The highest BCUT2D eigenvalue weighted by molar-refractivity contribution is 7.90. The van der Waals surface area contributed by atoms with Gasteiger partial charge in [-0.15, -0.1) is 0 Å². The lowest BCUT2D eigenvalue weighted by atomic mass is 10.4. The summed E-state index contributed by atoms with van der Waals surface area (Å²) in [5.74, 6) is 0. The number of hydrogen-bond acceptors (Lipinski definition) is 5. The van der Waals surface area contributed by atoms with Crippen molar-refractivity contribution in [2.45, 2.75) is 37.7 Å². The van der Waals surface area contributed by atoms with Crippen LogP contribution in [0.2, 0.25) is 0 Å². The maximum Gasteiger partial charge on any atom is 0.427 e. The van der Waals surface area contributed by atoms with Crippen LogP contribution >= 0.6 is 11.3 Å². The summed E-state index contributed by atoms with van der Waals surface area (Å²) in [6.45, 7) is 3.99. The Bertz CT molecular complexity index is 598. The topological polar surface area (TPSA) is 62.3 Å². The molecule has 1 aliphatic heterocycles. The molecule has 0 amide bonds. The van der Waals surface area contributed by atoms with Crippen molar-refractivity contribution < 1.29 is 21.6 Å². The molecule has 1 atom stereocenters. The molecule has 0 aliphatic carbocycles. The predicted octanol–water partition coefficient (Wildman–Crippen LogP) is 2.07. The van der Waals surface area contributed by atoms with E-state index in [4.69, 9.17) is 0 Å². The number of alkyl halides is 3. The van der Waals surface area contributed by atoms with Crippen LogP contribution in [0.4, 0.5) is 18.3 Å². The van der Waals surface area contributed by atoms with E-state index in [0.29, 0.717) is 24.3 Å². The summed E-state index contributed by atoms with van der Waals surface area (Å²) < 4.78 is 64.2. The third kappa shape index (κ3) is 3.86. The maximum atomic E-state index is 12.5. The Labute approximate surface area is 125 Å². The second kappa shape index (κ2) is 5.73. The van der Waals surface area contributed by atoms with Crippen LogP contribution in [0.25, 0.3) is 0 Å². The molecule has 1 aromatic heterocycles. The van der Waals surface area contributed by atoms with Gasteiger partial charge in [-0.2, -0.15) is 13.2 Å². The Morgan fingerprint density at radius 2 is 2.14 bits per heavy atom. The number of rotatable bonds is 4. The highest BCUT2D eigenvalue weighted by Gasteiger charge is 2.37. The van der Waals surface area contributed by atoms with Crippen molar-refractivity contribution in [1.29, 1.82) is 0 Å². The summed E-state index contributed by atoms with van der Waals surface area (Å²) in [6, 6.07) is -0.208. The Hall–Kier alpha value is -0.870. The van der Waals surface area contributed by atoms with Crippen molar-refractivity contribution in [1.82, 2.24) is 9.71 Å². The van der Waals surface area contributed by atoms with Gasteiger partial charge in [0.1, 0.15) is 4.88 Å². The largest absolute Gasteiger partial charge is 0.427 e. The Kier molecular flexibility index (Phi) is 4.50. The van der Waals surface area contributed by atoms with Crippen molar-refractivity contribution in [3.8, 4) is 0 Å². The first-order valence-corrected chi connectivity index (χ1v) is 8.75. The van der Waals surface area contributed by atoms with Gasteiger partial charge in [0.2, 0.25) is 10.0 Å². The molecule has 10 heteroatoms. The fourth-order valence-corrected chi connectivity index (χ4v) is 4.58. The number of nitrogens with zero attached hydrogens (tertiary/aromatic N) is 2. The molecule has 120 valence electrons. The van der Waals surface area contributed by atoms with Crippen LogP contribution in [0.1, 0.15) is 25.1 Å². The van der Waals surface area contributed by atoms with Crippen LogP contribution in [0.15, 0.2) is 6.20 Å². The minimum absolute atomic E-state index is 0.160. The van der Waals surface area contributed by atoms with Gasteiger partial charge in [0.05, 0.1) is 11.4 Å². The highest BCUT2D eigenvalue weighted by atomic mass is 32.2. The Morgan fingerprint density at radius 3 is 2.67 bits per heavy atom. The molecule has 2 heterocycles. The van der Waals surface area contributed by atoms with Crippen molar-refractivity contribution in [3.05, 3.63) is 11.1 Å². The summed E-state index contributed by atoms with van der Waals surface area (Å²) in [7, 11) is -3.46. The van der Waals surface area contributed by atoms with E-state index in [1.807, 2.05) is 0 Å². The summed E-state index contributed by atoms with van der Waals surface area (Å²) in [5.41, 5.74) is 0. The van der Waals surface area contributed by atoms with Crippen molar-refractivity contribution in [2.24, 2.45) is 0 Å². The molecular formula is C11H16F3N3O2S2. The van der Waals surface area contributed by atoms with E-state index in [1.54, 1.807) is 18.7 Å². The zero-order chi connectivity index (χ0) is 15.8. The Morgan fingerprint density at radius 1 is 1.48 bits per heavy atom. The van der Waals surface area contributed by atoms with Crippen LogP contribution < -0.4 is 9.62 Å². The molecule has 0 aromatic carbocycles. The molecule has 0 spiro atoms. The first-order chi connectivity index (χ1) is 9.59.